The van der Waals surface area contributed by atoms with Crippen LogP contribution in [0.25, 0.3) is 10.9 Å². The molecule has 2 aromatic rings. The van der Waals surface area contributed by atoms with Crippen LogP contribution < -0.4 is 5.32 Å². The Morgan fingerprint density at radius 2 is 2.38 bits per heavy atom. The van der Waals surface area contributed by atoms with Crippen LogP contribution in [-0.4, -0.2) is 16.1 Å². The Morgan fingerprint density at radius 1 is 1.56 bits per heavy atom. The van der Waals surface area contributed by atoms with E-state index in [4.69, 9.17) is 0 Å². The fourth-order valence-electron chi connectivity index (χ4n) is 1.54. The van der Waals surface area contributed by atoms with E-state index < -0.39 is 0 Å². The molecular weight excluding hydrogens is 317 g/mol. The molecule has 5 heteroatoms. The number of H-pyrrole nitrogens is 1. The van der Waals surface area contributed by atoms with Crippen molar-refractivity contribution in [2.75, 3.05) is 5.32 Å². The third-order valence-corrected chi connectivity index (χ3v) is 3.17. The van der Waals surface area contributed by atoms with Crippen molar-refractivity contribution >= 4 is 45.2 Å². The van der Waals surface area contributed by atoms with Gasteiger partial charge in [0.1, 0.15) is 0 Å². The lowest BCUT2D eigenvalue weighted by atomic mass is 10.2. The summed E-state index contributed by atoms with van der Waals surface area (Å²) < 4.78 is 1.08. The molecule has 0 saturated heterocycles. The van der Waals surface area contributed by atoms with Gasteiger partial charge in [0, 0.05) is 9.99 Å². The lowest BCUT2D eigenvalue weighted by molar-refractivity contribution is -0.116. The number of aromatic nitrogens is 2. The van der Waals surface area contributed by atoms with Crippen molar-refractivity contribution in [1.82, 2.24) is 10.2 Å². The van der Waals surface area contributed by atoms with Gasteiger partial charge in [-0.2, -0.15) is 5.10 Å². The van der Waals surface area contributed by atoms with E-state index >= 15 is 0 Å². The topological polar surface area (TPSA) is 57.8 Å². The standard InChI is InChI=1S/C11H12IN3O/c1-2-4-9(16)13-11-10-7(12)5-3-6-8(10)14-15-11/h3,5-6H,2,4H2,1H3,(H2,13,14,15,16). The second-order valence-electron chi connectivity index (χ2n) is 3.53. The highest BCUT2D eigenvalue weighted by Crippen LogP contribution is 2.25. The molecule has 1 heterocycles. The number of anilines is 1. The molecule has 2 rings (SSSR count). The molecule has 0 spiro atoms. The first-order valence-corrected chi connectivity index (χ1v) is 6.22. The zero-order valence-electron chi connectivity index (χ0n) is 8.88. The summed E-state index contributed by atoms with van der Waals surface area (Å²) in [6, 6.07) is 5.90. The van der Waals surface area contributed by atoms with Crippen LogP contribution in [-0.2, 0) is 4.79 Å². The van der Waals surface area contributed by atoms with Gasteiger partial charge in [-0.25, -0.2) is 0 Å². The molecule has 1 amide bonds. The minimum absolute atomic E-state index is 0.00977. The molecule has 0 fully saturated rings. The fourth-order valence-corrected chi connectivity index (χ4v) is 2.30. The van der Waals surface area contributed by atoms with Crippen LogP contribution in [0.2, 0.25) is 0 Å². The highest BCUT2D eigenvalue weighted by Gasteiger charge is 2.10. The van der Waals surface area contributed by atoms with Crippen LogP contribution in [0, 0.1) is 3.57 Å². The van der Waals surface area contributed by atoms with E-state index in [2.05, 4.69) is 38.1 Å². The smallest absolute Gasteiger partial charge is 0.225 e. The van der Waals surface area contributed by atoms with E-state index in [9.17, 15) is 4.79 Å². The molecule has 0 radical (unpaired) electrons. The van der Waals surface area contributed by atoms with Crippen LogP contribution in [0.3, 0.4) is 0 Å². The highest BCUT2D eigenvalue weighted by atomic mass is 127. The van der Waals surface area contributed by atoms with E-state index in [0.717, 1.165) is 20.9 Å². The van der Waals surface area contributed by atoms with E-state index in [1.165, 1.54) is 0 Å². The van der Waals surface area contributed by atoms with Gasteiger partial charge < -0.3 is 5.32 Å². The Kier molecular flexibility index (Phi) is 3.42. The highest BCUT2D eigenvalue weighted by molar-refractivity contribution is 14.1. The average molecular weight is 329 g/mol. The van der Waals surface area contributed by atoms with E-state index in [1.54, 1.807) is 0 Å². The van der Waals surface area contributed by atoms with Gasteiger partial charge in [0.25, 0.3) is 0 Å². The van der Waals surface area contributed by atoms with Crippen LogP contribution in [0.4, 0.5) is 5.82 Å². The van der Waals surface area contributed by atoms with Crippen molar-refractivity contribution in [3.8, 4) is 0 Å². The van der Waals surface area contributed by atoms with Gasteiger partial charge in [0.15, 0.2) is 5.82 Å². The van der Waals surface area contributed by atoms with Gasteiger partial charge in [-0.1, -0.05) is 13.0 Å². The number of amides is 1. The summed E-state index contributed by atoms with van der Waals surface area (Å²) in [6.07, 6.45) is 1.36. The summed E-state index contributed by atoms with van der Waals surface area (Å²) in [5.74, 6) is 0.633. The maximum absolute atomic E-state index is 11.5. The number of fused-ring (bicyclic) bond motifs is 1. The maximum Gasteiger partial charge on any atom is 0.225 e. The first-order chi connectivity index (χ1) is 7.72. The van der Waals surface area contributed by atoms with Gasteiger partial charge in [0.05, 0.1) is 10.9 Å². The predicted octanol–water partition coefficient (Wildman–Crippen LogP) is 2.91. The second-order valence-corrected chi connectivity index (χ2v) is 4.69. The predicted molar refractivity (Wildman–Crippen MR) is 72.3 cm³/mol. The Hall–Kier alpha value is -1.11. The van der Waals surface area contributed by atoms with Crippen molar-refractivity contribution in [2.45, 2.75) is 19.8 Å². The largest absolute Gasteiger partial charge is 0.309 e. The zero-order valence-corrected chi connectivity index (χ0v) is 11.0. The number of rotatable bonds is 3. The molecule has 0 aliphatic carbocycles. The maximum atomic E-state index is 11.5. The van der Waals surface area contributed by atoms with Crippen molar-refractivity contribution in [3.63, 3.8) is 0 Å². The molecular formula is C11H12IN3O. The quantitative estimate of drug-likeness (QED) is 0.851. The number of halogens is 1. The summed E-state index contributed by atoms with van der Waals surface area (Å²) in [6.45, 7) is 1.98. The first-order valence-electron chi connectivity index (χ1n) is 5.14. The Balaban J connectivity index is 2.34. The molecule has 84 valence electrons. The SMILES string of the molecule is CCCC(=O)Nc1n[nH]c2cccc(I)c12. The van der Waals surface area contributed by atoms with E-state index in [-0.39, 0.29) is 5.91 Å². The number of nitrogens with one attached hydrogen (secondary N) is 2. The van der Waals surface area contributed by atoms with Crippen molar-refractivity contribution in [1.29, 1.82) is 0 Å². The van der Waals surface area contributed by atoms with Gasteiger partial charge in [-0.05, 0) is 41.1 Å². The third-order valence-electron chi connectivity index (χ3n) is 2.27. The third kappa shape index (κ3) is 2.18. The summed E-state index contributed by atoms with van der Waals surface area (Å²) in [4.78, 5) is 11.5. The molecule has 2 N–H and O–H groups in total. The Labute approximate surface area is 107 Å². The van der Waals surface area contributed by atoms with Crippen molar-refractivity contribution < 1.29 is 4.79 Å². The van der Waals surface area contributed by atoms with Crippen LogP contribution in [0.5, 0.6) is 0 Å². The molecule has 4 nitrogen and oxygen atoms in total. The second kappa shape index (κ2) is 4.82. The van der Waals surface area contributed by atoms with Gasteiger partial charge in [-0.15, -0.1) is 0 Å². The minimum atomic E-state index is 0.00977. The van der Waals surface area contributed by atoms with Gasteiger partial charge in [-0.3, -0.25) is 9.89 Å². The minimum Gasteiger partial charge on any atom is -0.309 e. The summed E-state index contributed by atoms with van der Waals surface area (Å²) in [7, 11) is 0. The number of nitrogens with zero attached hydrogens (tertiary/aromatic N) is 1. The Morgan fingerprint density at radius 3 is 3.12 bits per heavy atom. The molecule has 0 atom stereocenters. The van der Waals surface area contributed by atoms with Crippen LogP contribution in [0.1, 0.15) is 19.8 Å². The fraction of sp³-hybridized carbons (Fsp3) is 0.273. The number of aromatic amines is 1. The molecule has 0 saturated carbocycles. The summed E-state index contributed by atoms with van der Waals surface area (Å²) >= 11 is 2.24. The van der Waals surface area contributed by atoms with E-state index in [1.807, 2.05) is 25.1 Å². The molecule has 0 aliphatic rings. The Bertz CT molecular complexity index is 521. The number of carbonyl (C=O) groups is 1. The molecule has 16 heavy (non-hydrogen) atoms. The molecule has 1 aromatic heterocycles. The molecule has 1 aromatic carbocycles. The zero-order chi connectivity index (χ0) is 11.5. The van der Waals surface area contributed by atoms with Gasteiger partial charge >= 0.3 is 0 Å². The van der Waals surface area contributed by atoms with Crippen molar-refractivity contribution in [2.24, 2.45) is 0 Å². The van der Waals surface area contributed by atoms with E-state index in [0.29, 0.717) is 12.2 Å². The average Bonchev–Trinajstić information content (AvgIpc) is 2.63. The van der Waals surface area contributed by atoms with Crippen LogP contribution >= 0.6 is 22.6 Å². The monoisotopic (exact) mass is 329 g/mol. The lowest BCUT2D eigenvalue weighted by Gasteiger charge is -2.01. The normalized spacial score (nSPS) is 10.6. The summed E-state index contributed by atoms with van der Waals surface area (Å²) in [5.41, 5.74) is 0.943. The molecule has 0 unspecified atom stereocenters. The molecule has 0 aliphatic heterocycles. The van der Waals surface area contributed by atoms with Gasteiger partial charge in [0.2, 0.25) is 5.91 Å². The number of hydrogen-bond donors (Lipinski definition) is 2. The summed E-state index contributed by atoms with van der Waals surface area (Å²) in [5, 5.41) is 10.8. The molecule has 0 bridgehead atoms. The number of carbonyl (C=O) groups excluding carboxylic acids is 1. The number of hydrogen-bond acceptors (Lipinski definition) is 2. The van der Waals surface area contributed by atoms with Crippen LogP contribution in [0.15, 0.2) is 18.2 Å². The number of benzene rings is 1. The first kappa shape index (κ1) is 11.4. The van der Waals surface area contributed by atoms with Crippen molar-refractivity contribution in [3.05, 3.63) is 21.8 Å². The lowest BCUT2D eigenvalue weighted by Crippen LogP contribution is -2.11.